The largest absolute Gasteiger partial charge is 0.385 e. The summed E-state index contributed by atoms with van der Waals surface area (Å²) in [6.07, 6.45) is 3.74. The van der Waals surface area contributed by atoms with Gasteiger partial charge in [-0.25, -0.2) is 0 Å². The quantitative estimate of drug-likeness (QED) is 0.672. The molecule has 0 aromatic heterocycles. The molecule has 0 heterocycles. The van der Waals surface area contributed by atoms with Crippen molar-refractivity contribution in [1.29, 1.82) is 0 Å². The van der Waals surface area contributed by atoms with E-state index in [9.17, 15) is 0 Å². The zero-order valence-corrected chi connectivity index (χ0v) is 7.95. The Bertz CT molecular complexity index is 124. The van der Waals surface area contributed by atoms with Crippen LogP contribution in [0, 0.1) is 0 Å². The summed E-state index contributed by atoms with van der Waals surface area (Å²) >= 11 is 0. The first-order valence-electron chi connectivity index (χ1n) is 4.62. The molecule has 0 aromatic carbocycles. The second-order valence-corrected chi connectivity index (χ2v) is 3.58. The van der Waals surface area contributed by atoms with Crippen LogP contribution in [0.1, 0.15) is 26.2 Å². The van der Waals surface area contributed by atoms with Crippen LogP contribution < -0.4 is 5.73 Å². The molecule has 1 rings (SSSR count). The molecule has 0 aliphatic heterocycles. The Kier molecular flexibility index (Phi) is 3.98. The number of hydrogen-bond donors (Lipinski definition) is 1. The van der Waals surface area contributed by atoms with Gasteiger partial charge in [0.25, 0.3) is 0 Å². The SMILES string of the molecule is COCCC(C)OC1CC(N)C1. The third kappa shape index (κ3) is 3.09. The summed E-state index contributed by atoms with van der Waals surface area (Å²) in [5, 5.41) is 0. The van der Waals surface area contributed by atoms with Crippen LogP contribution in [0.3, 0.4) is 0 Å². The monoisotopic (exact) mass is 173 g/mol. The third-order valence-electron chi connectivity index (χ3n) is 2.28. The summed E-state index contributed by atoms with van der Waals surface area (Å²) in [7, 11) is 1.71. The highest BCUT2D eigenvalue weighted by Crippen LogP contribution is 2.23. The van der Waals surface area contributed by atoms with Crippen LogP contribution in [0.5, 0.6) is 0 Å². The topological polar surface area (TPSA) is 44.5 Å². The van der Waals surface area contributed by atoms with Crippen LogP contribution in [0.15, 0.2) is 0 Å². The Hall–Kier alpha value is -0.120. The summed E-state index contributed by atoms with van der Waals surface area (Å²) in [5.74, 6) is 0. The molecule has 2 N–H and O–H groups in total. The van der Waals surface area contributed by atoms with Gasteiger partial charge in [0.05, 0.1) is 12.2 Å². The van der Waals surface area contributed by atoms with Crippen molar-refractivity contribution in [3.8, 4) is 0 Å². The van der Waals surface area contributed by atoms with Gasteiger partial charge in [-0.05, 0) is 26.2 Å². The standard InChI is InChI=1S/C9H19NO2/c1-7(3-4-11-2)12-9-5-8(10)6-9/h7-9H,3-6,10H2,1-2H3. The highest BCUT2D eigenvalue weighted by molar-refractivity contribution is 4.83. The van der Waals surface area contributed by atoms with Crippen LogP contribution in [0.25, 0.3) is 0 Å². The second-order valence-electron chi connectivity index (χ2n) is 3.58. The van der Waals surface area contributed by atoms with E-state index >= 15 is 0 Å². The van der Waals surface area contributed by atoms with Gasteiger partial charge < -0.3 is 15.2 Å². The minimum absolute atomic E-state index is 0.308. The molecule has 72 valence electrons. The zero-order chi connectivity index (χ0) is 8.97. The fourth-order valence-corrected chi connectivity index (χ4v) is 1.40. The number of rotatable bonds is 5. The van der Waals surface area contributed by atoms with E-state index < -0.39 is 0 Å². The van der Waals surface area contributed by atoms with Crippen LogP contribution >= 0.6 is 0 Å². The number of hydrogen-bond acceptors (Lipinski definition) is 3. The minimum Gasteiger partial charge on any atom is -0.385 e. The van der Waals surface area contributed by atoms with E-state index in [2.05, 4.69) is 6.92 Å². The average Bonchev–Trinajstić information content (AvgIpc) is 1.98. The molecule has 1 aliphatic rings. The molecule has 0 bridgehead atoms. The molecule has 0 saturated heterocycles. The Morgan fingerprint density at radius 2 is 2.17 bits per heavy atom. The maximum Gasteiger partial charge on any atom is 0.0608 e. The molecular formula is C9H19NO2. The molecule has 12 heavy (non-hydrogen) atoms. The second kappa shape index (κ2) is 4.80. The Balaban J connectivity index is 1.98. The van der Waals surface area contributed by atoms with Crippen molar-refractivity contribution in [1.82, 2.24) is 0 Å². The molecule has 3 heteroatoms. The molecule has 0 aromatic rings. The first kappa shape index (κ1) is 9.96. The van der Waals surface area contributed by atoms with Crippen molar-refractivity contribution in [3.05, 3.63) is 0 Å². The van der Waals surface area contributed by atoms with E-state index in [4.69, 9.17) is 15.2 Å². The van der Waals surface area contributed by atoms with Crippen LogP contribution in [0.2, 0.25) is 0 Å². The maximum atomic E-state index is 5.70. The predicted molar refractivity (Wildman–Crippen MR) is 48.0 cm³/mol. The van der Waals surface area contributed by atoms with E-state index in [-0.39, 0.29) is 0 Å². The van der Waals surface area contributed by atoms with Crippen molar-refractivity contribution in [2.24, 2.45) is 5.73 Å². The summed E-state index contributed by atoms with van der Waals surface area (Å²) in [6.45, 7) is 2.86. The molecule has 1 atom stereocenters. The lowest BCUT2D eigenvalue weighted by molar-refractivity contribution is -0.0598. The van der Waals surface area contributed by atoms with Gasteiger partial charge in [-0.3, -0.25) is 0 Å². The van der Waals surface area contributed by atoms with Crippen molar-refractivity contribution < 1.29 is 9.47 Å². The highest BCUT2D eigenvalue weighted by atomic mass is 16.5. The normalized spacial score (nSPS) is 31.2. The fraction of sp³-hybridized carbons (Fsp3) is 1.00. The van der Waals surface area contributed by atoms with Gasteiger partial charge in [-0.1, -0.05) is 0 Å². The van der Waals surface area contributed by atoms with Gasteiger partial charge in [0.1, 0.15) is 0 Å². The lowest BCUT2D eigenvalue weighted by Crippen LogP contribution is -2.43. The lowest BCUT2D eigenvalue weighted by atomic mass is 9.90. The summed E-state index contributed by atoms with van der Waals surface area (Å²) in [4.78, 5) is 0. The van der Waals surface area contributed by atoms with Crippen molar-refractivity contribution in [2.45, 2.75) is 44.4 Å². The molecule has 0 spiro atoms. The molecule has 0 amide bonds. The average molecular weight is 173 g/mol. The Labute approximate surface area is 74.2 Å². The Morgan fingerprint density at radius 3 is 2.67 bits per heavy atom. The number of methoxy groups -OCH3 is 1. The van der Waals surface area contributed by atoms with Crippen LogP contribution in [-0.4, -0.2) is 32.0 Å². The van der Waals surface area contributed by atoms with Crippen molar-refractivity contribution >= 4 is 0 Å². The number of ether oxygens (including phenoxy) is 2. The van der Waals surface area contributed by atoms with Gasteiger partial charge in [-0.2, -0.15) is 0 Å². The molecule has 1 saturated carbocycles. The first-order chi connectivity index (χ1) is 5.72. The number of nitrogens with two attached hydrogens (primary N) is 1. The lowest BCUT2D eigenvalue weighted by Gasteiger charge is -2.34. The summed E-state index contributed by atoms with van der Waals surface area (Å²) < 4.78 is 10.7. The first-order valence-corrected chi connectivity index (χ1v) is 4.62. The van der Waals surface area contributed by atoms with E-state index in [1.165, 1.54) is 0 Å². The van der Waals surface area contributed by atoms with Gasteiger partial charge in [0.2, 0.25) is 0 Å². The molecule has 0 radical (unpaired) electrons. The third-order valence-corrected chi connectivity index (χ3v) is 2.28. The molecular weight excluding hydrogens is 154 g/mol. The van der Waals surface area contributed by atoms with Crippen molar-refractivity contribution in [2.75, 3.05) is 13.7 Å². The van der Waals surface area contributed by atoms with Gasteiger partial charge >= 0.3 is 0 Å². The van der Waals surface area contributed by atoms with Gasteiger partial charge in [0.15, 0.2) is 0 Å². The van der Waals surface area contributed by atoms with Crippen LogP contribution in [0.4, 0.5) is 0 Å². The van der Waals surface area contributed by atoms with Gasteiger partial charge in [-0.15, -0.1) is 0 Å². The molecule has 1 aliphatic carbocycles. The molecule has 1 fully saturated rings. The molecule has 1 unspecified atom stereocenters. The van der Waals surface area contributed by atoms with Crippen LogP contribution in [-0.2, 0) is 9.47 Å². The van der Waals surface area contributed by atoms with E-state index in [0.29, 0.717) is 18.2 Å². The van der Waals surface area contributed by atoms with Crippen molar-refractivity contribution in [3.63, 3.8) is 0 Å². The Morgan fingerprint density at radius 1 is 1.50 bits per heavy atom. The predicted octanol–water partition coefficient (Wildman–Crippen LogP) is 0.918. The fourth-order valence-electron chi connectivity index (χ4n) is 1.40. The maximum absolute atomic E-state index is 5.70. The van der Waals surface area contributed by atoms with E-state index in [0.717, 1.165) is 25.9 Å². The molecule has 3 nitrogen and oxygen atoms in total. The zero-order valence-electron chi connectivity index (χ0n) is 7.95. The van der Waals surface area contributed by atoms with E-state index in [1.54, 1.807) is 7.11 Å². The highest BCUT2D eigenvalue weighted by Gasteiger charge is 2.27. The van der Waals surface area contributed by atoms with E-state index in [1.807, 2.05) is 0 Å². The summed E-state index contributed by atoms with van der Waals surface area (Å²) in [5.41, 5.74) is 5.64. The summed E-state index contributed by atoms with van der Waals surface area (Å²) in [6, 6.07) is 0.379. The smallest absolute Gasteiger partial charge is 0.0608 e. The minimum atomic E-state index is 0.308. The van der Waals surface area contributed by atoms with Gasteiger partial charge in [0, 0.05) is 19.8 Å².